The molecule has 3 nitrogen and oxygen atoms in total. The van der Waals surface area contributed by atoms with Crippen LogP contribution in [0.5, 0.6) is 0 Å². The fourth-order valence-corrected chi connectivity index (χ4v) is 1.79. The standard InChI is InChI=1S/C16H14FNO2/c1-10-3-8-14(15(17)9-10)16(20)18-13-6-4-12(5-7-13)11(2)19/h3-9H,1-2H3,(H,18,20). The van der Waals surface area contributed by atoms with Gasteiger partial charge in [0.2, 0.25) is 0 Å². The molecule has 0 aromatic heterocycles. The summed E-state index contributed by atoms with van der Waals surface area (Å²) >= 11 is 0. The van der Waals surface area contributed by atoms with Crippen LogP contribution in [-0.4, -0.2) is 11.7 Å². The van der Waals surface area contributed by atoms with E-state index in [-0.39, 0.29) is 11.3 Å². The first-order valence-corrected chi connectivity index (χ1v) is 6.16. The molecule has 0 spiro atoms. The fourth-order valence-electron chi connectivity index (χ4n) is 1.79. The van der Waals surface area contributed by atoms with Crippen LogP contribution in [0.2, 0.25) is 0 Å². The highest BCUT2D eigenvalue weighted by Crippen LogP contribution is 2.14. The van der Waals surface area contributed by atoms with Crippen LogP contribution in [0.15, 0.2) is 42.5 Å². The molecule has 0 heterocycles. The molecular formula is C16H14FNO2. The number of rotatable bonds is 3. The second kappa shape index (κ2) is 5.65. The molecule has 0 saturated heterocycles. The minimum Gasteiger partial charge on any atom is -0.322 e. The summed E-state index contributed by atoms with van der Waals surface area (Å²) in [4.78, 5) is 23.1. The summed E-state index contributed by atoms with van der Waals surface area (Å²) in [5.41, 5.74) is 1.82. The smallest absolute Gasteiger partial charge is 0.258 e. The van der Waals surface area contributed by atoms with Crippen LogP contribution in [0.25, 0.3) is 0 Å². The number of halogens is 1. The number of carbonyl (C=O) groups is 2. The van der Waals surface area contributed by atoms with E-state index in [4.69, 9.17) is 0 Å². The SMILES string of the molecule is CC(=O)c1ccc(NC(=O)c2ccc(C)cc2F)cc1. The topological polar surface area (TPSA) is 46.2 Å². The van der Waals surface area contributed by atoms with Crippen molar-refractivity contribution in [2.24, 2.45) is 0 Å². The Morgan fingerprint density at radius 1 is 1.05 bits per heavy atom. The van der Waals surface area contributed by atoms with Gasteiger partial charge in [-0.2, -0.15) is 0 Å². The minimum atomic E-state index is -0.553. The largest absolute Gasteiger partial charge is 0.322 e. The Hall–Kier alpha value is -2.49. The molecule has 0 saturated carbocycles. The summed E-state index contributed by atoms with van der Waals surface area (Å²) in [5.74, 6) is -1.12. The summed E-state index contributed by atoms with van der Waals surface area (Å²) < 4.78 is 13.7. The third-order valence-corrected chi connectivity index (χ3v) is 2.92. The van der Waals surface area contributed by atoms with Crippen molar-refractivity contribution < 1.29 is 14.0 Å². The Kier molecular flexibility index (Phi) is 3.94. The number of anilines is 1. The molecule has 0 aliphatic heterocycles. The highest BCUT2D eigenvalue weighted by molar-refractivity contribution is 6.04. The predicted molar refractivity (Wildman–Crippen MR) is 75.5 cm³/mol. The van der Waals surface area contributed by atoms with Crippen LogP contribution in [0.3, 0.4) is 0 Å². The quantitative estimate of drug-likeness (QED) is 0.867. The first kappa shape index (κ1) is 13.9. The summed E-state index contributed by atoms with van der Waals surface area (Å²) in [5, 5.41) is 2.59. The van der Waals surface area contributed by atoms with Crippen LogP contribution in [0.4, 0.5) is 10.1 Å². The van der Waals surface area contributed by atoms with Gasteiger partial charge in [-0.25, -0.2) is 4.39 Å². The number of hydrogen-bond donors (Lipinski definition) is 1. The van der Waals surface area contributed by atoms with E-state index in [0.717, 1.165) is 5.56 Å². The number of aryl methyl sites for hydroxylation is 1. The molecule has 4 heteroatoms. The van der Waals surface area contributed by atoms with Crippen molar-refractivity contribution in [2.75, 3.05) is 5.32 Å². The van der Waals surface area contributed by atoms with Crippen LogP contribution >= 0.6 is 0 Å². The third-order valence-electron chi connectivity index (χ3n) is 2.92. The van der Waals surface area contributed by atoms with Gasteiger partial charge in [0.25, 0.3) is 5.91 Å². The van der Waals surface area contributed by atoms with E-state index in [2.05, 4.69) is 5.32 Å². The van der Waals surface area contributed by atoms with Crippen molar-refractivity contribution in [2.45, 2.75) is 13.8 Å². The highest BCUT2D eigenvalue weighted by Gasteiger charge is 2.11. The van der Waals surface area contributed by atoms with E-state index in [1.54, 1.807) is 37.3 Å². The van der Waals surface area contributed by atoms with Crippen molar-refractivity contribution in [3.05, 3.63) is 65.0 Å². The van der Waals surface area contributed by atoms with E-state index in [1.807, 2.05) is 0 Å². The van der Waals surface area contributed by atoms with E-state index < -0.39 is 11.7 Å². The Bertz CT molecular complexity index is 663. The van der Waals surface area contributed by atoms with Gasteiger partial charge in [0.15, 0.2) is 5.78 Å². The first-order valence-electron chi connectivity index (χ1n) is 6.16. The second-order valence-electron chi connectivity index (χ2n) is 4.57. The zero-order chi connectivity index (χ0) is 14.7. The summed E-state index contributed by atoms with van der Waals surface area (Å²) in [6, 6.07) is 10.9. The van der Waals surface area contributed by atoms with Gasteiger partial charge in [-0.05, 0) is 55.8 Å². The number of hydrogen-bond acceptors (Lipinski definition) is 2. The molecule has 0 aliphatic rings. The molecule has 1 N–H and O–H groups in total. The van der Waals surface area contributed by atoms with Crippen molar-refractivity contribution in [1.82, 2.24) is 0 Å². The monoisotopic (exact) mass is 271 g/mol. The number of Topliss-reactive ketones (excluding diaryl/α,β-unsaturated/α-hetero) is 1. The van der Waals surface area contributed by atoms with Gasteiger partial charge in [-0.15, -0.1) is 0 Å². The molecule has 20 heavy (non-hydrogen) atoms. The zero-order valence-corrected chi connectivity index (χ0v) is 11.2. The zero-order valence-electron chi connectivity index (χ0n) is 11.2. The number of amides is 1. The lowest BCUT2D eigenvalue weighted by molar-refractivity contribution is 0.101. The van der Waals surface area contributed by atoms with Gasteiger partial charge in [-0.1, -0.05) is 6.07 Å². The lowest BCUT2D eigenvalue weighted by Crippen LogP contribution is -2.13. The van der Waals surface area contributed by atoms with Gasteiger partial charge in [0, 0.05) is 11.3 Å². The normalized spacial score (nSPS) is 10.2. The van der Waals surface area contributed by atoms with E-state index in [9.17, 15) is 14.0 Å². The minimum absolute atomic E-state index is 0.00811. The van der Waals surface area contributed by atoms with Crippen molar-refractivity contribution in [3.63, 3.8) is 0 Å². The molecule has 0 unspecified atom stereocenters. The van der Waals surface area contributed by atoms with Gasteiger partial charge in [0.1, 0.15) is 5.82 Å². The van der Waals surface area contributed by atoms with E-state index >= 15 is 0 Å². The highest BCUT2D eigenvalue weighted by atomic mass is 19.1. The average Bonchev–Trinajstić information content (AvgIpc) is 2.39. The summed E-state index contributed by atoms with van der Waals surface area (Å²) in [7, 11) is 0. The lowest BCUT2D eigenvalue weighted by atomic mass is 10.1. The summed E-state index contributed by atoms with van der Waals surface area (Å²) in [6.07, 6.45) is 0. The molecule has 0 fully saturated rings. The van der Waals surface area contributed by atoms with Gasteiger partial charge in [-0.3, -0.25) is 9.59 Å². The number of carbonyl (C=O) groups excluding carboxylic acids is 2. The average molecular weight is 271 g/mol. The van der Waals surface area contributed by atoms with Crippen LogP contribution in [0.1, 0.15) is 33.2 Å². The lowest BCUT2D eigenvalue weighted by Gasteiger charge is -2.07. The number of nitrogens with one attached hydrogen (secondary N) is 1. The molecule has 0 bridgehead atoms. The van der Waals surface area contributed by atoms with Crippen molar-refractivity contribution >= 4 is 17.4 Å². The van der Waals surface area contributed by atoms with Crippen LogP contribution in [0, 0.1) is 12.7 Å². The molecule has 2 aromatic carbocycles. The van der Waals surface area contributed by atoms with Gasteiger partial charge in [0.05, 0.1) is 5.56 Å². The molecule has 0 radical (unpaired) electrons. The Labute approximate surface area is 116 Å². The third kappa shape index (κ3) is 3.09. The maximum atomic E-state index is 13.7. The van der Waals surface area contributed by atoms with Crippen molar-refractivity contribution in [1.29, 1.82) is 0 Å². The number of ketones is 1. The molecule has 102 valence electrons. The molecular weight excluding hydrogens is 257 g/mol. The predicted octanol–water partition coefficient (Wildman–Crippen LogP) is 3.59. The Morgan fingerprint density at radius 2 is 1.70 bits per heavy atom. The van der Waals surface area contributed by atoms with E-state index in [0.29, 0.717) is 11.3 Å². The van der Waals surface area contributed by atoms with Crippen molar-refractivity contribution in [3.8, 4) is 0 Å². The second-order valence-corrected chi connectivity index (χ2v) is 4.57. The van der Waals surface area contributed by atoms with Crippen LogP contribution < -0.4 is 5.32 Å². The van der Waals surface area contributed by atoms with Crippen LogP contribution in [-0.2, 0) is 0 Å². The first-order chi connectivity index (χ1) is 9.47. The fraction of sp³-hybridized carbons (Fsp3) is 0.125. The van der Waals surface area contributed by atoms with E-state index in [1.165, 1.54) is 19.1 Å². The van der Waals surface area contributed by atoms with Gasteiger partial charge >= 0.3 is 0 Å². The molecule has 2 rings (SSSR count). The molecule has 2 aromatic rings. The molecule has 1 amide bonds. The Morgan fingerprint density at radius 3 is 2.25 bits per heavy atom. The Balaban J connectivity index is 2.17. The van der Waals surface area contributed by atoms with Gasteiger partial charge < -0.3 is 5.32 Å². The number of benzene rings is 2. The molecule has 0 aliphatic carbocycles. The summed E-state index contributed by atoms with van der Waals surface area (Å²) in [6.45, 7) is 3.22. The maximum Gasteiger partial charge on any atom is 0.258 e. The molecule has 0 atom stereocenters. The maximum absolute atomic E-state index is 13.7.